The molecule has 2 heterocycles. The molecule has 1 N–H and O–H groups in total. The zero-order valence-corrected chi connectivity index (χ0v) is 10.3. The molecule has 0 aliphatic carbocycles. The van der Waals surface area contributed by atoms with Gasteiger partial charge in [0.05, 0.1) is 6.20 Å². The Labute approximate surface area is 101 Å². The molecule has 0 amide bonds. The van der Waals surface area contributed by atoms with Gasteiger partial charge in [-0.3, -0.25) is 0 Å². The summed E-state index contributed by atoms with van der Waals surface area (Å²) < 4.78 is 0. The molecule has 0 aromatic carbocycles. The largest absolute Gasteiger partial charge is 0.365 e. The van der Waals surface area contributed by atoms with E-state index in [1.165, 1.54) is 6.42 Å². The number of hydrogen-bond acceptors (Lipinski definition) is 5. The van der Waals surface area contributed by atoms with E-state index in [9.17, 15) is 0 Å². The summed E-state index contributed by atoms with van der Waals surface area (Å²) in [5, 5.41) is 12.4. The zero-order valence-electron chi connectivity index (χ0n) is 10.3. The van der Waals surface area contributed by atoms with E-state index in [0.29, 0.717) is 23.2 Å². The molecule has 0 bridgehead atoms. The van der Waals surface area contributed by atoms with E-state index < -0.39 is 0 Å². The second-order valence-corrected chi connectivity index (χ2v) is 4.54. The van der Waals surface area contributed by atoms with Crippen molar-refractivity contribution in [3.8, 4) is 6.07 Å². The zero-order chi connectivity index (χ0) is 12.3. The molecule has 0 spiro atoms. The Bertz CT molecular complexity index is 437. The minimum absolute atomic E-state index is 0.371. The number of nitrogens with zero attached hydrogens (tertiary/aromatic N) is 4. The maximum Gasteiger partial charge on any atom is 0.147 e. The smallest absolute Gasteiger partial charge is 0.147 e. The summed E-state index contributed by atoms with van der Waals surface area (Å²) in [7, 11) is 2.12. The van der Waals surface area contributed by atoms with E-state index in [2.05, 4.69) is 33.3 Å². The van der Waals surface area contributed by atoms with Crippen molar-refractivity contribution in [1.29, 1.82) is 5.26 Å². The lowest BCUT2D eigenvalue weighted by molar-refractivity contribution is 0.260. The van der Waals surface area contributed by atoms with Gasteiger partial charge in [0.25, 0.3) is 0 Å². The van der Waals surface area contributed by atoms with E-state index in [0.717, 1.165) is 19.5 Å². The third-order valence-electron chi connectivity index (χ3n) is 2.99. The van der Waals surface area contributed by atoms with E-state index in [4.69, 9.17) is 5.26 Å². The molecule has 1 aromatic heterocycles. The maximum atomic E-state index is 9.01. The van der Waals surface area contributed by atoms with Crippen LogP contribution >= 0.6 is 0 Å². The van der Waals surface area contributed by atoms with Gasteiger partial charge in [-0.2, -0.15) is 5.26 Å². The van der Waals surface area contributed by atoms with Gasteiger partial charge in [-0.15, -0.1) is 0 Å². The molecule has 1 saturated heterocycles. The molecular weight excluding hydrogens is 214 g/mol. The summed E-state index contributed by atoms with van der Waals surface area (Å²) in [6, 6.07) is 2.49. The number of likely N-dealkylation sites (tertiary alicyclic amines) is 1. The van der Waals surface area contributed by atoms with Crippen LogP contribution in [-0.4, -0.2) is 41.0 Å². The highest BCUT2D eigenvalue weighted by molar-refractivity contribution is 5.51. The SMILES string of the molecule is Cc1ncc(C#N)c(NC2CCCN(C)C2)n1. The molecule has 17 heavy (non-hydrogen) atoms. The van der Waals surface area contributed by atoms with E-state index in [-0.39, 0.29) is 0 Å². The second kappa shape index (κ2) is 5.11. The van der Waals surface area contributed by atoms with Crippen molar-refractivity contribution in [3.05, 3.63) is 17.6 Å². The molecule has 1 aliphatic rings. The van der Waals surface area contributed by atoms with Gasteiger partial charge in [0.2, 0.25) is 0 Å². The summed E-state index contributed by atoms with van der Waals surface area (Å²) in [6.07, 6.45) is 3.88. The van der Waals surface area contributed by atoms with Crippen molar-refractivity contribution >= 4 is 5.82 Å². The molecule has 5 nitrogen and oxygen atoms in total. The first kappa shape index (κ1) is 11.8. The van der Waals surface area contributed by atoms with Gasteiger partial charge in [0.1, 0.15) is 23.3 Å². The standard InChI is InChI=1S/C12H17N5/c1-9-14-7-10(6-13)12(15-9)16-11-4-3-5-17(2)8-11/h7,11H,3-5,8H2,1-2H3,(H,14,15,16). The average molecular weight is 231 g/mol. The summed E-state index contributed by atoms with van der Waals surface area (Å²) >= 11 is 0. The second-order valence-electron chi connectivity index (χ2n) is 4.54. The van der Waals surface area contributed by atoms with Crippen molar-refractivity contribution in [3.63, 3.8) is 0 Å². The van der Waals surface area contributed by atoms with E-state index >= 15 is 0 Å². The summed E-state index contributed by atoms with van der Waals surface area (Å²) in [4.78, 5) is 10.6. The number of anilines is 1. The van der Waals surface area contributed by atoms with Gasteiger partial charge in [-0.05, 0) is 33.4 Å². The van der Waals surface area contributed by atoms with Crippen molar-refractivity contribution < 1.29 is 0 Å². The van der Waals surface area contributed by atoms with Crippen LogP contribution in [0.1, 0.15) is 24.2 Å². The number of nitriles is 1. The fourth-order valence-electron chi connectivity index (χ4n) is 2.14. The first-order valence-electron chi connectivity index (χ1n) is 5.88. The molecule has 5 heteroatoms. The molecule has 0 radical (unpaired) electrons. The molecule has 0 saturated carbocycles. The molecule has 1 atom stereocenters. The Morgan fingerprint density at radius 2 is 2.41 bits per heavy atom. The lowest BCUT2D eigenvalue weighted by Gasteiger charge is -2.30. The molecular formula is C12H17N5. The lowest BCUT2D eigenvalue weighted by atomic mass is 10.1. The Kier molecular flexibility index (Phi) is 3.55. The maximum absolute atomic E-state index is 9.01. The fraction of sp³-hybridized carbons (Fsp3) is 0.583. The number of nitrogens with one attached hydrogen (secondary N) is 1. The lowest BCUT2D eigenvalue weighted by Crippen LogP contribution is -2.40. The highest BCUT2D eigenvalue weighted by atomic mass is 15.2. The van der Waals surface area contributed by atoms with Gasteiger partial charge >= 0.3 is 0 Å². The van der Waals surface area contributed by atoms with E-state index in [1.54, 1.807) is 6.20 Å². The number of aryl methyl sites for hydroxylation is 1. The van der Waals surface area contributed by atoms with Crippen LogP contribution in [-0.2, 0) is 0 Å². The quantitative estimate of drug-likeness (QED) is 0.827. The molecule has 1 fully saturated rings. The predicted molar refractivity (Wildman–Crippen MR) is 65.6 cm³/mol. The van der Waals surface area contributed by atoms with Gasteiger partial charge < -0.3 is 10.2 Å². The summed E-state index contributed by atoms with van der Waals surface area (Å²) in [6.45, 7) is 3.97. The number of rotatable bonds is 2. The van der Waals surface area contributed by atoms with Crippen LogP contribution in [0.3, 0.4) is 0 Å². The van der Waals surface area contributed by atoms with Crippen LogP contribution in [0.5, 0.6) is 0 Å². The van der Waals surface area contributed by atoms with Crippen molar-refractivity contribution in [1.82, 2.24) is 14.9 Å². The Balaban J connectivity index is 2.12. The Morgan fingerprint density at radius 3 is 3.12 bits per heavy atom. The van der Waals surface area contributed by atoms with Gasteiger partial charge in [-0.1, -0.05) is 0 Å². The minimum atomic E-state index is 0.371. The number of hydrogen-bond donors (Lipinski definition) is 1. The average Bonchev–Trinajstić information content (AvgIpc) is 2.29. The normalized spacial score (nSPS) is 20.9. The summed E-state index contributed by atoms with van der Waals surface area (Å²) in [5.74, 6) is 1.36. The van der Waals surface area contributed by atoms with Crippen molar-refractivity contribution in [2.24, 2.45) is 0 Å². The first-order chi connectivity index (χ1) is 8.19. The molecule has 2 rings (SSSR count). The van der Waals surface area contributed by atoms with Crippen LogP contribution < -0.4 is 5.32 Å². The third kappa shape index (κ3) is 2.92. The number of likely N-dealkylation sites (N-methyl/N-ethyl adjacent to an activating group) is 1. The predicted octanol–water partition coefficient (Wildman–Crippen LogP) is 1.16. The van der Waals surface area contributed by atoms with Gasteiger partial charge in [-0.25, -0.2) is 9.97 Å². The number of aromatic nitrogens is 2. The summed E-state index contributed by atoms with van der Waals surface area (Å²) in [5.41, 5.74) is 0.517. The molecule has 1 aromatic rings. The number of piperidine rings is 1. The minimum Gasteiger partial charge on any atom is -0.365 e. The van der Waals surface area contributed by atoms with Crippen molar-refractivity contribution in [2.45, 2.75) is 25.8 Å². The fourth-order valence-corrected chi connectivity index (χ4v) is 2.14. The van der Waals surface area contributed by atoms with Crippen LogP contribution in [0, 0.1) is 18.3 Å². The Morgan fingerprint density at radius 1 is 1.59 bits per heavy atom. The Hall–Kier alpha value is -1.67. The highest BCUT2D eigenvalue weighted by Gasteiger charge is 2.18. The van der Waals surface area contributed by atoms with Crippen molar-refractivity contribution in [2.75, 3.05) is 25.5 Å². The van der Waals surface area contributed by atoms with Gasteiger partial charge in [0.15, 0.2) is 0 Å². The van der Waals surface area contributed by atoms with E-state index in [1.807, 2.05) is 6.92 Å². The van der Waals surface area contributed by atoms with Gasteiger partial charge in [0, 0.05) is 12.6 Å². The molecule has 1 aliphatic heterocycles. The first-order valence-corrected chi connectivity index (χ1v) is 5.88. The van der Waals surface area contributed by atoms with Crippen LogP contribution in [0.4, 0.5) is 5.82 Å². The van der Waals surface area contributed by atoms with Crippen LogP contribution in [0.2, 0.25) is 0 Å². The molecule has 1 unspecified atom stereocenters. The van der Waals surface area contributed by atoms with Crippen LogP contribution in [0.25, 0.3) is 0 Å². The van der Waals surface area contributed by atoms with Crippen LogP contribution in [0.15, 0.2) is 6.20 Å². The molecule has 90 valence electrons. The topological polar surface area (TPSA) is 64.8 Å². The highest BCUT2D eigenvalue weighted by Crippen LogP contribution is 2.16. The monoisotopic (exact) mass is 231 g/mol. The third-order valence-corrected chi connectivity index (χ3v) is 2.99.